The van der Waals surface area contributed by atoms with Crippen LogP contribution >= 0.6 is 24.0 Å². The number of para-hydroxylation sites is 1. The predicted molar refractivity (Wildman–Crippen MR) is 132 cm³/mol. The quantitative estimate of drug-likeness (QED) is 0.347. The van der Waals surface area contributed by atoms with Crippen LogP contribution in [0, 0.1) is 0 Å². The van der Waals surface area contributed by atoms with Crippen LogP contribution in [0.1, 0.15) is 56.6 Å². The molecule has 1 aromatic carbocycles. The number of hydrogen-bond acceptors (Lipinski definition) is 4. The van der Waals surface area contributed by atoms with Gasteiger partial charge in [-0.3, -0.25) is 4.79 Å². The van der Waals surface area contributed by atoms with Crippen LogP contribution in [0.25, 0.3) is 0 Å². The molecule has 7 nitrogen and oxygen atoms in total. The molecule has 2 unspecified atom stereocenters. The third-order valence-corrected chi connectivity index (χ3v) is 6.49. The molecule has 0 aromatic heterocycles. The molecule has 2 aliphatic heterocycles. The molecule has 1 saturated carbocycles. The molecule has 1 aromatic rings. The first-order valence-corrected chi connectivity index (χ1v) is 11.2. The second-order valence-corrected chi connectivity index (χ2v) is 8.90. The fraction of sp³-hybridized carbons (Fsp3) is 0.652. The molecule has 0 bridgehead atoms. The highest BCUT2D eigenvalue weighted by Gasteiger charge is 2.40. The Balaban J connectivity index is 0.00000272. The van der Waals surface area contributed by atoms with E-state index in [1.54, 1.807) is 19.0 Å². The minimum atomic E-state index is -0.0114. The fourth-order valence-corrected chi connectivity index (χ4v) is 4.79. The van der Waals surface area contributed by atoms with Crippen LogP contribution in [0.15, 0.2) is 29.3 Å². The molecule has 2 atom stereocenters. The Hall–Kier alpha value is -1.55. The number of amides is 1. The third-order valence-electron chi connectivity index (χ3n) is 6.49. The number of ether oxygens (including phenoxy) is 2. The van der Waals surface area contributed by atoms with Crippen LogP contribution in [0.2, 0.25) is 0 Å². The van der Waals surface area contributed by atoms with Crippen LogP contribution in [-0.4, -0.2) is 62.3 Å². The van der Waals surface area contributed by atoms with E-state index < -0.39 is 0 Å². The van der Waals surface area contributed by atoms with Crippen molar-refractivity contribution < 1.29 is 14.3 Å². The third kappa shape index (κ3) is 6.03. The number of carbonyl (C=O) groups is 1. The number of aliphatic imine (C=N–C) groups is 1. The number of likely N-dealkylation sites (N-methyl/N-ethyl adjacent to an activating group) is 1. The average molecular weight is 542 g/mol. The van der Waals surface area contributed by atoms with E-state index in [4.69, 9.17) is 9.47 Å². The number of nitrogens with one attached hydrogen (secondary N) is 2. The molecule has 172 valence electrons. The Bertz CT molecular complexity index is 780. The molecule has 2 fully saturated rings. The summed E-state index contributed by atoms with van der Waals surface area (Å²) in [6.07, 6.45) is 7.62. The summed E-state index contributed by atoms with van der Waals surface area (Å²) < 4.78 is 12.0. The summed E-state index contributed by atoms with van der Waals surface area (Å²) in [6.45, 7) is 1.57. The second kappa shape index (κ2) is 10.8. The highest BCUT2D eigenvalue weighted by molar-refractivity contribution is 14.0. The molecule has 1 saturated heterocycles. The van der Waals surface area contributed by atoms with Gasteiger partial charge in [-0.1, -0.05) is 31.0 Å². The highest BCUT2D eigenvalue weighted by atomic mass is 127. The molecule has 8 heteroatoms. The lowest BCUT2D eigenvalue weighted by molar-refractivity contribution is -0.127. The van der Waals surface area contributed by atoms with E-state index in [9.17, 15) is 4.79 Å². The first-order chi connectivity index (χ1) is 14.5. The van der Waals surface area contributed by atoms with Gasteiger partial charge in [0.05, 0.1) is 18.2 Å². The first kappa shape index (κ1) is 24.1. The summed E-state index contributed by atoms with van der Waals surface area (Å²) in [7, 11) is 3.52. The maximum Gasteiger partial charge on any atom is 0.243 e. The van der Waals surface area contributed by atoms with Crippen LogP contribution in [0.3, 0.4) is 0 Å². The van der Waals surface area contributed by atoms with Crippen molar-refractivity contribution in [2.24, 2.45) is 4.99 Å². The van der Waals surface area contributed by atoms with Gasteiger partial charge in [-0.25, -0.2) is 4.99 Å². The van der Waals surface area contributed by atoms with Crippen molar-refractivity contribution in [1.82, 2.24) is 15.5 Å². The van der Waals surface area contributed by atoms with Gasteiger partial charge in [0.1, 0.15) is 12.3 Å². The van der Waals surface area contributed by atoms with Crippen molar-refractivity contribution in [1.29, 1.82) is 0 Å². The Morgan fingerprint density at radius 1 is 1.16 bits per heavy atom. The number of guanidine groups is 1. The van der Waals surface area contributed by atoms with E-state index in [1.807, 2.05) is 18.2 Å². The van der Waals surface area contributed by atoms with Crippen molar-refractivity contribution >= 4 is 35.8 Å². The van der Waals surface area contributed by atoms with Gasteiger partial charge in [-0.2, -0.15) is 0 Å². The van der Waals surface area contributed by atoms with Crippen molar-refractivity contribution in [2.45, 2.75) is 62.6 Å². The molecule has 0 radical (unpaired) electrons. The number of rotatable bonds is 4. The summed E-state index contributed by atoms with van der Waals surface area (Å²) in [4.78, 5) is 18.4. The fourth-order valence-electron chi connectivity index (χ4n) is 4.79. The van der Waals surface area contributed by atoms with E-state index in [-0.39, 0.29) is 48.1 Å². The Labute approximate surface area is 202 Å². The monoisotopic (exact) mass is 542 g/mol. The summed E-state index contributed by atoms with van der Waals surface area (Å²) in [5.41, 5.74) is 1.17. The van der Waals surface area contributed by atoms with Gasteiger partial charge in [0, 0.05) is 38.7 Å². The molecule has 2 N–H and O–H groups in total. The molecular weight excluding hydrogens is 507 g/mol. The molecule has 1 amide bonds. The van der Waals surface area contributed by atoms with Crippen LogP contribution < -0.4 is 15.4 Å². The second-order valence-electron chi connectivity index (χ2n) is 8.90. The van der Waals surface area contributed by atoms with E-state index in [0.29, 0.717) is 18.6 Å². The van der Waals surface area contributed by atoms with Crippen LogP contribution in [0.4, 0.5) is 0 Å². The maximum atomic E-state index is 12.2. The summed E-state index contributed by atoms with van der Waals surface area (Å²) >= 11 is 0. The van der Waals surface area contributed by atoms with Gasteiger partial charge in [-0.15, -0.1) is 24.0 Å². The number of nitrogens with zero attached hydrogens (tertiary/aromatic N) is 2. The largest absolute Gasteiger partial charge is 0.493 e. The molecule has 2 heterocycles. The SMILES string of the molecule is CN(C)C(=O)CN=C(NC1CCOC2(CCCC2)C1)NC1CCOc2ccccc21.I. The van der Waals surface area contributed by atoms with Crippen molar-refractivity contribution in [2.75, 3.05) is 33.9 Å². The normalized spacial score (nSPS) is 24.5. The zero-order valence-corrected chi connectivity index (χ0v) is 20.9. The minimum absolute atomic E-state index is 0. The van der Waals surface area contributed by atoms with Crippen molar-refractivity contribution in [3.05, 3.63) is 29.8 Å². The van der Waals surface area contributed by atoms with Gasteiger partial charge in [0.15, 0.2) is 5.96 Å². The molecule has 31 heavy (non-hydrogen) atoms. The number of hydrogen-bond donors (Lipinski definition) is 2. The molecule has 1 aliphatic carbocycles. The minimum Gasteiger partial charge on any atom is -0.493 e. The van der Waals surface area contributed by atoms with E-state index >= 15 is 0 Å². The maximum absolute atomic E-state index is 12.2. The Morgan fingerprint density at radius 2 is 1.94 bits per heavy atom. The van der Waals surface area contributed by atoms with Crippen LogP contribution in [-0.2, 0) is 9.53 Å². The molecule has 4 rings (SSSR count). The summed E-state index contributed by atoms with van der Waals surface area (Å²) in [5, 5.41) is 7.21. The number of benzene rings is 1. The molecule has 3 aliphatic rings. The van der Waals surface area contributed by atoms with E-state index in [0.717, 1.165) is 50.0 Å². The lowest BCUT2D eigenvalue weighted by Crippen LogP contribution is -2.51. The zero-order valence-electron chi connectivity index (χ0n) is 18.6. The van der Waals surface area contributed by atoms with E-state index in [2.05, 4.69) is 21.7 Å². The highest BCUT2D eigenvalue weighted by Crippen LogP contribution is 2.40. The van der Waals surface area contributed by atoms with Crippen LogP contribution in [0.5, 0.6) is 5.75 Å². The number of halogens is 1. The summed E-state index contributed by atoms with van der Waals surface area (Å²) in [5.74, 6) is 1.61. The van der Waals surface area contributed by atoms with E-state index in [1.165, 1.54) is 12.8 Å². The van der Waals surface area contributed by atoms with Crippen molar-refractivity contribution in [3.8, 4) is 5.75 Å². The van der Waals surface area contributed by atoms with Gasteiger partial charge < -0.3 is 25.0 Å². The lowest BCUT2D eigenvalue weighted by atomic mass is 9.89. The number of fused-ring (bicyclic) bond motifs is 1. The summed E-state index contributed by atoms with van der Waals surface area (Å²) in [6, 6.07) is 8.53. The zero-order chi connectivity index (χ0) is 21.0. The van der Waals surface area contributed by atoms with Gasteiger partial charge in [0.2, 0.25) is 5.91 Å². The first-order valence-electron chi connectivity index (χ1n) is 11.2. The topological polar surface area (TPSA) is 75.2 Å². The van der Waals surface area contributed by atoms with Crippen molar-refractivity contribution in [3.63, 3.8) is 0 Å². The molecular formula is C23H35IN4O3. The van der Waals surface area contributed by atoms with Gasteiger partial charge in [-0.05, 0) is 31.7 Å². The Kier molecular flexibility index (Phi) is 8.43. The number of carbonyl (C=O) groups excluding carboxylic acids is 1. The standard InChI is InChI=1S/C23H34N4O3.HI/c1-27(2)21(28)16-24-22(25-17-9-14-30-23(15-17)11-5-6-12-23)26-19-10-13-29-20-8-4-3-7-18(19)20;/h3-4,7-8,17,19H,5-6,9-16H2,1-2H3,(H2,24,25,26);1H. The van der Waals surface area contributed by atoms with Gasteiger partial charge >= 0.3 is 0 Å². The molecule has 1 spiro atoms. The van der Waals surface area contributed by atoms with Gasteiger partial charge in [0.25, 0.3) is 0 Å². The Morgan fingerprint density at radius 3 is 2.71 bits per heavy atom. The average Bonchev–Trinajstić information content (AvgIpc) is 3.19. The smallest absolute Gasteiger partial charge is 0.243 e. The lowest BCUT2D eigenvalue weighted by Gasteiger charge is -2.39. The predicted octanol–water partition coefficient (Wildman–Crippen LogP) is 3.24.